The Morgan fingerprint density at radius 1 is 0.739 bits per heavy atom. The zero-order valence-corrected chi connectivity index (χ0v) is 19.3. The van der Waals surface area contributed by atoms with Crippen molar-refractivity contribution in [3.8, 4) is 0 Å². The summed E-state index contributed by atoms with van der Waals surface area (Å²) in [4.78, 5) is 10.7. The maximum Gasteiger partial charge on any atom is 0.216 e. The molecule has 2 nitrogen and oxygen atoms in total. The summed E-state index contributed by atoms with van der Waals surface area (Å²) in [5, 5.41) is 2.85. The maximum atomic E-state index is 10.7. The molecule has 0 unspecified atom stereocenters. The third-order valence-electron chi connectivity index (χ3n) is 4.06. The predicted molar refractivity (Wildman–Crippen MR) is 104 cm³/mol. The number of allylic oxidation sites excluding steroid dienone is 2. The SMILES string of the molecule is CCCCCCCC/C=C\CCCCCCCCNC(C)=O.[K]. The second kappa shape index (κ2) is 22.8. The fourth-order valence-corrected chi connectivity index (χ4v) is 2.64. The first-order valence-electron chi connectivity index (χ1n) is 9.66. The van der Waals surface area contributed by atoms with Crippen LogP contribution in [0.2, 0.25) is 0 Å². The van der Waals surface area contributed by atoms with Gasteiger partial charge in [0.15, 0.2) is 0 Å². The molecule has 0 aromatic rings. The van der Waals surface area contributed by atoms with Crippen LogP contribution in [0, 0.1) is 0 Å². The molecular formula is C20H39KNO. The Labute approximate surface area is 188 Å². The van der Waals surface area contributed by atoms with Gasteiger partial charge in [-0.15, -0.1) is 0 Å². The van der Waals surface area contributed by atoms with Gasteiger partial charge in [-0.3, -0.25) is 4.79 Å². The van der Waals surface area contributed by atoms with E-state index in [1.165, 1.54) is 83.5 Å². The molecule has 0 aliphatic heterocycles. The number of carbonyl (C=O) groups excluding carboxylic acids is 1. The van der Waals surface area contributed by atoms with E-state index in [9.17, 15) is 4.79 Å². The molecule has 131 valence electrons. The molecule has 1 amide bonds. The van der Waals surface area contributed by atoms with Crippen molar-refractivity contribution in [2.45, 2.75) is 104 Å². The summed E-state index contributed by atoms with van der Waals surface area (Å²) in [5.74, 6) is 0.0905. The van der Waals surface area contributed by atoms with Gasteiger partial charge in [-0.2, -0.15) is 0 Å². The normalized spacial score (nSPS) is 10.7. The van der Waals surface area contributed by atoms with E-state index in [0.29, 0.717) is 0 Å². The average molecular weight is 349 g/mol. The van der Waals surface area contributed by atoms with Crippen LogP contribution in [0.25, 0.3) is 0 Å². The molecule has 0 rings (SSSR count). The van der Waals surface area contributed by atoms with Crippen LogP contribution in [-0.2, 0) is 4.79 Å². The van der Waals surface area contributed by atoms with Crippen molar-refractivity contribution in [1.29, 1.82) is 0 Å². The Morgan fingerprint density at radius 3 is 1.65 bits per heavy atom. The van der Waals surface area contributed by atoms with Crippen molar-refractivity contribution in [2.24, 2.45) is 0 Å². The van der Waals surface area contributed by atoms with Gasteiger partial charge in [0.1, 0.15) is 0 Å². The fraction of sp³-hybridized carbons (Fsp3) is 0.850. The Morgan fingerprint density at radius 2 is 1.17 bits per heavy atom. The van der Waals surface area contributed by atoms with Crippen molar-refractivity contribution < 1.29 is 4.79 Å². The Hall–Kier alpha value is 0.846. The number of carbonyl (C=O) groups is 1. The zero-order chi connectivity index (χ0) is 16.3. The monoisotopic (exact) mass is 348 g/mol. The van der Waals surface area contributed by atoms with Gasteiger partial charge in [-0.05, 0) is 32.1 Å². The summed E-state index contributed by atoms with van der Waals surface area (Å²) in [7, 11) is 0. The molecule has 0 fully saturated rings. The predicted octanol–water partition coefficient (Wildman–Crippen LogP) is 5.78. The van der Waals surface area contributed by atoms with E-state index in [1.54, 1.807) is 6.92 Å². The molecule has 1 radical (unpaired) electrons. The average Bonchev–Trinajstić information content (AvgIpc) is 2.50. The van der Waals surface area contributed by atoms with Crippen LogP contribution in [0.4, 0.5) is 0 Å². The molecule has 0 saturated carbocycles. The van der Waals surface area contributed by atoms with Gasteiger partial charge in [-0.1, -0.05) is 76.9 Å². The zero-order valence-electron chi connectivity index (χ0n) is 16.2. The molecular weight excluding hydrogens is 309 g/mol. The number of hydrogen-bond acceptors (Lipinski definition) is 1. The van der Waals surface area contributed by atoms with Crippen LogP contribution in [0.5, 0.6) is 0 Å². The van der Waals surface area contributed by atoms with Gasteiger partial charge in [-0.25, -0.2) is 0 Å². The number of nitrogens with one attached hydrogen (secondary N) is 1. The van der Waals surface area contributed by atoms with E-state index in [1.807, 2.05) is 0 Å². The summed E-state index contributed by atoms with van der Waals surface area (Å²) in [6.45, 7) is 4.70. The van der Waals surface area contributed by atoms with Crippen molar-refractivity contribution in [3.05, 3.63) is 12.2 Å². The third-order valence-corrected chi connectivity index (χ3v) is 4.06. The molecule has 0 aliphatic rings. The van der Waals surface area contributed by atoms with Crippen LogP contribution in [0.1, 0.15) is 104 Å². The quantitative estimate of drug-likeness (QED) is 0.214. The van der Waals surface area contributed by atoms with E-state index in [-0.39, 0.29) is 57.3 Å². The first-order chi connectivity index (χ1) is 10.8. The maximum absolute atomic E-state index is 10.7. The molecule has 0 aliphatic carbocycles. The van der Waals surface area contributed by atoms with Crippen molar-refractivity contribution in [3.63, 3.8) is 0 Å². The Kier molecular flexibility index (Phi) is 25.9. The van der Waals surface area contributed by atoms with Crippen LogP contribution < -0.4 is 5.32 Å². The molecule has 0 bridgehead atoms. The Balaban J connectivity index is 0. The van der Waals surface area contributed by atoms with Gasteiger partial charge in [0.2, 0.25) is 5.91 Å². The van der Waals surface area contributed by atoms with Crippen molar-refractivity contribution in [1.82, 2.24) is 5.32 Å². The molecule has 0 aromatic heterocycles. The number of amides is 1. The van der Waals surface area contributed by atoms with Crippen molar-refractivity contribution in [2.75, 3.05) is 6.54 Å². The summed E-state index contributed by atoms with van der Waals surface area (Å²) in [6, 6.07) is 0. The smallest absolute Gasteiger partial charge is 0.216 e. The first-order valence-corrected chi connectivity index (χ1v) is 9.66. The molecule has 3 heteroatoms. The summed E-state index contributed by atoms with van der Waals surface area (Å²) >= 11 is 0. The van der Waals surface area contributed by atoms with Gasteiger partial charge >= 0.3 is 0 Å². The fourth-order valence-electron chi connectivity index (χ4n) is 2.64. The van der Waals surface area contributed by atoms with E-state index in [4.69, 9.17) is 0 Å². The van der Waals surface area contributed by atoms with Gasteiger partial charge in [0.05, 0.1) is 0 Å². The molecule has 0 heterocycles. The summed E-state index contributed by atoms with van der Waals surface area (Å²) in [6.07, 6.45) is 23.3. The van der Waals surface area contributed by atoms with Gasteiger partial charge < -0.3 is 5.32 Å². The van der Waals surface area contributed by atoms with Crippen LogP contribution >= 0.6 is 0 Å². The summed E-state index contributed by atoms with van der Waals surface area (Å²) < 4.78 is 0. The first kappa shape index (κ1) is 26.1. The number of unbranched alkanes of at least 4 members (excludes halogenated alkanes) is 12. The van der Waals surface area contributed by atoms with Crippen LogP contribution in [0.3, 0.4) is 0 Å². The molecule has 0 aromatic carbocycles. The Bertz CT molecular complexity index is 266. The van der Waals surface area contributed by atoms with E-state index < -0.39 is 0 Å². The molecule has 0 atom stereocenters. The second-order valence-corrected chi connectivity index (χ2v) is 6.42. The molecule has 0 spiro atoms. The summed E-state index contributed by atoms with van der Waals surface area (Å²) in [5.41, 5.74) is 0. The second-order valence-electron chi connectivity index (χ2n) is 6.42. The topological polar surface area (TPSA) is 29.1 Å². The van der Waals surface area contributed by atoms with Gasteiger partial charge in [0.25, 0.3) is 0 Å². The van der Waals surface area contributed by atoms with Crippen LogP contribution in [0.15, 0.2) is 12.2 Å². The minimum Gasteiger partial charge on any atom is -0.356 e. The van der Waals surface area contributed by atoms with E-state index in [2.05, 4.69) is 24.4 Å². The molecule has 1 N–H and O–H groups in total. The minimum atomic E-state index is 0. The molecule has 0 saturated heterocycles. The minimum absolute atomic E-state index is 0. The number of hydrogen-bond donors (Lipinski definition) is 1. The molecule has 23 heavy (non-hydrogen) atoms. The van der Waals surface area contributed by atoms with Crippen LogP contribution in [-0.4, -0.2) is 63.8 Å². The van der Waals surface area contributed by atoms with Gasteiger partial charge in [0, 0.05) is 64.9 Å². The van der Waals surface area contributed by atoms with E-state index in [0.717, 1.165) is 13.0 Å². The number of rotatable bonds is 16. The third kappa shape index (κ3) is 25.2. The van der Waals surface area contributed by atoms with Crippen molar-refractivity contribution >= 4 is 57.3 Å². The largest absolute Gasteiger partial charge is 0.356 e. The standard InChI is InChI=1S/C20H39NO.K/c1-3-4-5-6-7-8-9-10-11-12-13-14-15-16-17-18-19-21-20(2)22;/h10-11H,3-9,12-19H2,1-2H3,(H,21,22);/b11-10-;. The van der Waals surface area contributed by atoms with E-state index >= 15 is 0 Å².